The van der Waals surface area contributed by atoms with Crippen molar-refractivity contribution in [1.82, 2.24) is 9.88 Å². The van der Waals surface area contributed by atoms with Gasteiger partial charge in [-0.15, -0.1) is 0 Å². The average molecular weight is 250 g/mol. The Hall–Kier alpha value is -1.78. The van der Waals surface area contributed by atoms with Gasteiger partial charge in [0, 0.05) is 18.8 Å². The molecule has 1 amide bonds. The van der Waals surface area contributed by atoms with Crippen molar-refractivity contribution in [2.75, 3.05) is 20.2 Å². The van der Waals surface area contributed by atoms with E-state index in [4.69, 9.17) is 4.74 Å². The van der Waals surface area contributed by atoms with Crippen LogP contribution in [-0.4, -0.2) is 42.0 Å². The molecule has 2 heterocycles. The van der Waals surface area contributed by atoms with Gasteiger partial charge in [0.05, 0.1) is 12.7 Å². The van der Waals surface area contributed by atoms with Gasteiger partial charge in [-0.05, 0) is 32.3 Å². The zero-order chi connectivity index (χ0) is 13.3. The number of amides is 1. The number of esters is 1. The predicted octanol–water partition coefficient (Wildman–Crippen LogP) is 1.65. The lowest BCUT2D eigenvalue weighted by molar-refractivity contribution is 0.0599. The number of likely N-dealkylation sites (tertiary alicyclic amines) is 1. The first-order valence-corrected chi connectivity index (χ1v) is 6.13. The normalized spacial score (nSPS) is 14.9. The number of H-pyrrole nitrogens is 1. The third-order valence-corrected chi connectivity index (χ3v) is 3.43. The summed E-state index contributed by atoms with van der Waals surface area (Å²) >= 11 is 0. The van der Waals surface area contributed by atoms with E-state index >= 15 is 0 Å². The minimum atomic E-state index is -0.401. The van der Waals surface area contributed by atoms with Crippen LogP contribution in [0.1, 0.15) is 44.9 Å². The molecule has 1 aliphatic heterocycles. The van der Waals surface area contributed by atoms with E-state index in [1.807, 2.05) is 4.90 Å². The molecule has 0 radical (unpaired) electrons. The maximum atomic E-state index is 12.3. The summed E-state index contributed by atoms with van der Waals surface area (Å²) in [5.74, 6) is -0.426. The van der Waals surface area contributed by atoms with Crippen LogP contribution < -0.4 is 0 Å². The van der Waals surface area contributed by atoms with Crippen molar-refractivity contribution in [1.29, 1.82) is 0 Å². The van der Waals surface area contributed by atoms with Gasteiger partial charge in [-0.3, -0.25) is 4.79 Å². The van der Waals surface area contributed by atoms with Crippen LogP contribution in [0.25, 0.3) is 0 Å². The number of rotatable bonds is 2. The molecule has 1 fully saturated rings. The second-order valence-electron chi connectivity index (χ2n) is 4.62. The lowest BCUT2D eigenvalue weighted by Gasteiger charge is -2.14. The van der Waals surface area contributed by atoms with E-state index < -0.39 is 5.97 Å². The van der Waals surface area contributed by atoms with Gasteiger partial charge in [0.2, 0.25) is 0 Å². The van der Waals surface area contributed by atoms with Gasteiger partial charge in [-0.1, -0.05) is 0 Å². The molecule has 0 unspecified atom stereocenters. The first kappa shape index (κ1) is 12.7. The molecular weight excluding hydrogens is 232 g/mol. The number of hydrogen-bond acceptors (Lipinski definition) is 3. The SMILES string of the molecule is COC(=O)c1c(C)[nH]c(C(=O)N2CCCC2)c1C. The fourth-order valence-electron chi connectivity index (χ4n) is 2.45. The van der Waals surface area contributed by atoms with E-state index in [0.717, 1.165) is 25.9 Å². The third kappa shape index (κ3) is 2.00. The number of aromatic amines is 1. The number of carbonyl (C=O) groups is 2. The lowest BCUT2D eigenvalue weighted by Crippen LogP contribution is -2.28. The van der Waals surface area contributed by atoms with E-state index in [-0.39, 0.29) is 5.91 Å². The van der Waals surface area contributed by atoms with Crippen LogP contribution in [0.2, 0.25) is 0 Å². The van der Waals surface area contributed by atoms with E-state index in [1.54, 1.807) is 13.8 Å². The van der Waals surface area contributed by atoms with E-state index in [9.17, 15) is 9.59 Å². The van der Waals surface area contributed by atoms with Gasteiger partial charge in [0.1, 0.15) is 5.69 Å². The molecule has 18 heavy (non-hydrogen) atoms. The van der Waals surface area contributed by atoms with Crippen molar-refractivity contribution in [3.05, 3.63) is 22.5 Å². The highest BCUT2D eigenvalue weighted by atomic mass is 16.5. The zero-order valence-corrected chi connectivity index (χ0v) is 11.0. The van der Waals surface area contributed by atoms with Gasteiger partial charge >= 0.3 is 5.97 Å². The second-order valence-corrected chi connectivity index (χ2v) is 4.62. The maximum Gasteiger partial charge on any atom is 0.339 e. The van der Waals surface area contributed by atoms with Crippen molar-refractivity contribution >= 4 is 11.9 Å². The first-order chi connectivity index (χ1) is 8.56. The molecule has 1 aliphatic rings. The molecule has 0 aliphatic carbocycles. The average Bonchev–Trinajstić information content (AvgIpc) is 2.96. The fourth-order valence-corrected chi connectivity index (χ4v) is 2.45. The van der Waals surface area contributed by atoms with Crippen molar-refractivity contribution in [2.45, 2.75) is 26.7 Å². The van der Waals surface area contributed by atoms with Crippen LogP contribution in [0, 0.1) is 13.8 Å². The number of ether oxygens (including phenoxy) is 1. The lowest BCUT2D eigenvalue weighted by atomic mass is 10.1. The summed E-state index contributed by atoms with van der Waals surface area (Å²) in [6, 6.07) is 0. The maximum absolute atomic E-state index is 12.3. The summed E-state index contributed by atoms with van der Waals surface area (Å²) < 4.78 is 4.73. The van der Waals surface area contributed by atoms with Crippen molar-refractivity contribution in [2.24, 2.45) is 0 Å². The summed E-state index contributed by atoms with van der Waals surface area (Å²) in [7, 11) is 1.34. The van der Waals surface area contributed by atoms with E-state index in [2.05, 4.69) is 4.98 Å². The van der Waals surface area contributed by atoms with Crippen LogP contribution in [-0.2, 0) is 4.74 Å². The van der Waals surface area contributed by atoms with Crippen molar-refractivity contribution in [3.8, 4) is 0 Å². The number of aromatic nitrogens is 1. The molecule has 0 aromatic carbocycles. The summed E-state index contributed by atoms with van der Waals surface area (Å²) in [6.07, 6.45) is 2.10. The molecule has 0 saturated carbocycles. The van der Waals surface area contributed by atoms with Crippen molar-refractivity contribution in [3.63, 3.8) is 0 Å². The molecular formula is C13H18N2O3. The van der Waals surface area contributed by atoms with Crippen LogP contribution in [0.15, 0.2) is 0 Å². The molecule has 2 rings (SSSR count). The number of hydrogen-bond donors (Lipinski definition) is 1. The third-order valence-electron chi connectivity index (χ3n) is 3.43. The largest absolute Gasteiger partial charge is 0.465 e. The number of aryl methyl sites for hydroxylation is 1. The molecule has 0 spiro atoms. The second kappa shape index (κ2) is 4.84. The zero-order valence-electron chi connectivity index (χ0n) is 11.0. The van der Waals surface area contributed by atoms with Crippen LogP contribution in [0.4, 0.5) is 0 Å². The van der Waals surface area contributed by atoms with Crippen LogP contribution in [0.5, 0.6) is 0 Å². The van der Waals surface area contributed by atoms with Crippen molar-refractivity contribution < 1.29 is 14.3 Å². The van der Waals surface area contributed by atoms with Crippen LogP contribution >= 0.6 is 0 Å². The highest BCUT2D eigenvalue weighted by Crippen LogP contribution is 2.21. The number of nitrogens with zero attached hydrogens (tertiary/aromatic N) is 1. The van der Waals surface area contributed by atoms with Gasteiger partial charge in [-0.25, -0.2) is 4.79 Å². The Labute approximate surface area is 106 Å². The topological polar surface area (TPSA) is 62.4 Å². The molecule has 0 bridgehead atoms. The molecule has 1 aromatic rings. The molecule has 5 heteroatoms. The highest BCUT2D eigenvalue weighted by molar-refractivity contribution is 6.00. The number of methoxy groups -OCH3 is 1. The molecule has 0 atom stereocenters. The predicted molar refractivity (Wildman–Crippen MR) is 66.7 cm³/mol. The molecule has 1 aromatic heterocycles. The Bertz CT molecular complexity index is 485. The summed E-state index contributed by atoms with van der Waals surface area (Å²) in [6.45, 7) is 5.15. The Kier molecular flexibility index (Phi) is 3.41. The van der Waals surface area contributed by atoms with Crippen LogP contribution in [0.3, 0.4) is 0 Å². The van der Waals surface area contributed by atoms with Gasteiger partial charge in [0.25, 0.3) is 5.91 Å². The van der Waals surface area contributed by atoms with E-state index in [1.165, 1.54) is 7.11 Å². The number of nitrogens with one attached hydrogen (secondary N) is 1. The minimum absolute atomic E-state index is 0.0248. The molecule has 5 nitrogen and oxygen atoms in total. The fraction of sp³-hybridized carbons (Fsp3) is 0.538. The number of carbonyl (C=O) groups excluding carboxylic acids is 2. The van der Waals surface area contributed by atoms with Gasteiger partial charge < -0.3 is 14.6 Å². The Morgan fingerprint density at radius 1 is 1.22 bits per heavy atom. The molecule has 1 N–H and O–H groups in total. The Morgan fingerprint density at radius 2 is 1.83 bits per heavy atom. The summed E-state index contributed by atoms with van der Waals surface area (Å²) in [5.41, 5.74) is 2.34. The highest BCUT2D eigenvalue weighted by Gasteiger charge is 2.26. The van der Waals surface area contributed by atoms with Gasteiger partial charge in [-0.2, -0.15) is 0 Å². The smallest absolute Gasteiger partial charge is 0.339 e. The summed E-state index contributed by atoms with van der Waals surface area (Å²) in [5, 5.41) is 0. The first-order valence-electron chi connectivity index (χ1n) is 6.13. The van der Waals surface area contributed by atoms with Gasteiger partial charge in [0.15, 0.2) is 0 Å². The Balaban J connectivity index is 2.34. The monoisotopic (exact) mass is 250 g/mol. The minimum Gasteiger partial charge on any atom is -0.465 e. The Morgan fingerprint density at radius 3 is 2.39 bits per heavy atom. The standard InChI is InChI=1S/C13H18N2O3/c1-8-10(13(17)18-3)9(2)14-11(8)12(16)15-6-4-5-7-15/h14H,4-7H2,1-3H3. The molecule has 98 valence electrons. The molecule has 1 saturated heterocycles. The van der Waals surface area contributed by atoms with E-state index in [0.29, 0.717) is 22.5 Å². The summed E-state index contributed by atoms with van der Waals surface area (Å²) in [4.78, 5) is 28.8. The quantitative estimate of drug-likeness (QED) is 0.812.